The highest BCUT2D eigenvalue weighted by Crippen LogP contribution is 2.15. The maximum atomic E-state index is 11.1. The van der Waals surface area contributed by atoms with Crippen molar-refractivity contribution in [1.82, 2.24) is 9.55 Å². The Hall–Kier alpha value is -1.64. The number of hydrogen-bond acceptors (Lipinski definition) is 2. The molecule has 0 radical (unpaired) electrons. The number of nitrogens with zero attached hydrogens (tertiary/aromatic N) is 2. The molecule has 2 rings (SSSR count). The molecule has 0 aliphatic rings. The molecule has 0 aliphatic heterocycles. The fourth-order valence-corrected chi connectivity index (χ4v) is 1.53. The lowest BCUT2D eigenvalue weighted by atomic mass is 10.1. The first kappa shape index (κ1) is 8.94. The van der Waals surface area contributed by atoms with E-state index < -0.39 is 0 Å². The number of ketones is 1. The van der Waals surface area contributed by atoms with Crippen LogP contribution in [0.2, 0.25) is 0 Å². The molecule has 1 aromatic heterocycles. The molecular weight excluding hydrogens is 176 g/mol. The fourth-order valence-electron chi connectivity index (χ4n) is 1.53. The summed E-state index contributed by atoms with van der Waals surface area (Å²) in [6, 6.07) is 5.63. The summed E-state index contributed by atoms with van der Waals surface area (Å²) in [6.45, 7) is 4.54. The van der Waals surface area contributed by atoms with Gasteiger partial charge < -0.3 is 4.57 Å². The summed E-state index contributed by atoms with van der Waals surface area (Å²) < 4.78 is 2.05. The van der Waals surface area contributed by atoms with Crippen molar-refractivity contribution in [3.63, 3.8) is 0 Å². The minimum Gasteiger partial charge on any atom is -0.331 e. The third-order valence-corrected chi connectivity index (χ3v) is 2.37. The summed E-state index contributed by atoms with van der Waals surface area (Å²) in [6.07, 6.45) is 1.80. The Morgan fingerprint density at radius 3 is 2.93 bits per heavy atom. The topological polar surface area (TPSA) is 34.9 Å². The van der Waals surface area contributed by atoms with E-state index in [2.05, 4.69) is 16.5 Å². The number of fused-ring (bicyclic) bond motifs is 1. The van der Waals surface area contributed by atoms with E-state index in [0.717, 1.165) is 23.1 Å². The highest BCUT2D eigenvalue weighted by atomic mass is 16.1. The zero-order valence-corrected chi connectivity index (χ0v) is 8.32. The van der Waals surface area contributed by atoms with Crippen LogP contribution in [0.4, 0.5) is 0 Å². The third-order valence-electron chi connectivity index (χ3n) is 2.37. The third kappa shape index (κ3) is 1.31. The van der Waals surface area contributed by atoms with Crippen LogP contribution in [0.3, 0.4) is 0 Å². The Kier molecular flexibility index (Phi) is 2.08. The van der Waals surface area contributed by atoms with Crippen molar-refractivity contribution in [1.29, 1.82) is 0 Å². The Balaban J connectivity index is 2.63. The number of aromatic nitrogens is 2. The first-order valence-electron chi connectivity index (χ1n) is 4.68. The van der Waals surface area contributed by atoms with Gasteiger partial charge in [-0.2, -0.15) is 0 Å². The van der Waals surface area contributed by atoms with E-state index >= 15 is 0 Å². The first-order valence-corrected chi connectivity index (χ1v) is 4.68. The van der Waals surface area contributed by atoms with Gasteiger partial charge in [0, 0.05) is 12.1 Å². The predicted octanol–water partition coefficient (Wildman–Crippen LogP) is 2.26. The highest BCUT2D eigenvalue weighted by Gasteiger charge is 2.04. The lowest BCUT2D eigenvalue weighted by Gasteiger charge is -1.99. The smallest absolute Gasteiger partial charge is 0.159 e. The lowest BCUT2D eigenvalue weighted by Crippen LogP contribution is -1.93. The number of imidazole rings is 1. The fraction of sp³-hybridized carbons (Fsp3) is 0.273. The molecule has 3 heteroatoms. The second-order valence-electron chi connectivity index (χ2n) is 3.29. The average Bonchev–Trinajstić information content (AvgIpc) is 2.59. The molecule has 1 heterocycles. The van der Waals surface area contributed by atoms with Crippen molar-refractivity contribution in [2.24, 2.45) is 0 Å². The molecule has 0 aliphatic carbocycles. The normalized spacial score (nSPS) is 10.7. The molecule has 2 aromatic rings. The predicted molar refractivity (Wildman–Crippen MR) is 55.4 cm³/mol. The summed E-state index contributed by atoms with van der Waals surface area (Å²) in [7, 11) is 0. The Bertz CT molecular complexity index is 485. The molecule has 0 N–H and O–H groups in total. The maximum Gasteiger partial charge on any atom is 0.159 e. The molecule has 3 nitrogen and oxygen atoms in total. The summed E-state index contributed by atoms with van der Waals surface area (Å²) in [4.78, 5) is 15.4. The Labute approximate surface area is 82.4 Å². The van der Waals surface area contributed by atoms with Gasteiger partial charge in [-0.1, -0.05) is 0 Å². The lowest BCUT2D eigenvalue weighted by molar-refractivity contribution is 0.101. The van der Waals surface area contributed by atoms with Crippen LogP contribution in [0.5, 0.6) is 0 Å². The van der Waals surface area contributed by atoms with Gasteiger partial charge in [0.15, 0.2) is 5.78 Å². The number of benzene rings is 1. The van der Waals surface area contributed by atoms with Crippen molar-refractivity contribution in [2.45, 2.75) is 20.4 Å². The van der Waals surface area contributed by atoms with E-state index in [0.29, 0.717) is 0 Å². The molecule has 0 saturated carbocycles. The summed E-state index contributed by atoms with van der Waals surface area (Å²) in [5.41, 5.74) is 2.69. The van der Waals surface area contributed by atoms with Gasteiger partial charge in [-0.25, -0.2) is 4.98 Å². The van der Waals surface area contributed by atoms with Crippen LogP contribution in [-0.4, -0.2) is 15.3 Å². The molecular formula is C11H12N2O. The van der Waals surface area contributed by atoms with Crippen molar-refractivity contribution >= 4 is 16.8 Å². The molecule has 0 spiro atoms. The molecule has 0 atom stereocenters. The number of aryl methyl sites for hydroxylation is 1. The molecule has 0 bridgehead atoms. The van der Waals surface area contributed by atoms with Crippen LogP contribution in [0.25, 0.3) is 11.0 Å². The molecule has 0 fully saturated rings. The largest absolute Gasteiger partial charge is 0.331 e. The maximum absolute atomic E-state index is 11.1. The molecule has 0 amide bonds. The van der Waals surface area contributed by atoms with E-state index in [1.807, 2.05) is 18.2 Å². The SMILES string of the molecule is CCn1cnc2cc(C(C)=O)ccc21. The number of rotatable bonds is 2. The van der Waals surface area contributed by atoms with Gasteiger partial charge in [0.05, 0.1) is 17.4 Å². The highest BCUT2D eigenvalue weighted by molar-refractivity contribution is 5.97. The Morgan fingerprint density at radius 1 is 1.50 bits per heavy atom. The van der Waals surface area contributed by atoms with Crippen LogP contribution < -0.4 is 0 Å². The van der Waals surface area contributed by atoms with E-state index in [1.54, 1.807) is 13.3 Å². The molecule has 14 heavy (non-hydrogen) atoms. The zero-order valence-electron chi connectivity index (χ0n) is 8.32. The van der Waals surface area contributed by atoms with E-state index in [9.17, 15) is 4.79 Å². The molecule has 0 unspecified atom stereocenters. The van der Waals surface area contributed by atoms with Gasteiger partial charge >= 0.3 is 0 Å². The van der Waals surface area contributed by atoms with Crippen molar-refractivity contribution in [3.8, 4) is 0 Å². The second-order valence-corrected chi connectivity index (χ2v) is 3.29. The van der Waals surface area contributed by atoms with Crippen LogP contribution in [0, 0.1) is 0 Å². The monoisotopic (exact) mass is 188 g/mol. The van der Waals surface area contributed by atoms with Gasteiger partial charge in [-0.3, -0.25) is 4.79 Å². The standard InChI is InChI=1S/C11H12N2O/c1-3-13-7-12-10-6-9(8(2)14)4-5-11(10)13/h4-7H,3H2,1-2H3. The van der Waals surface area contributed by atoms with Crippen molar-refractivity contribution in [2.75, 3.05) is 0 Å². The second kappa shape index (κ2) is 3.25. The summed E-state index contributed by atoms with van der Waals surface area (Å²) in [5, 5.41) is 0. The van der Waals surface area contributed by atoms with Gasteiger partial charge in [-0.05, 0) is 32.0 Å². The van der Waals surface area contributed by atoms with Crippen molar-refractivity contribution < 1.29 is 4.79 Å². The van der Waals surface area contributed by atoms with Crippen LogP contribution in [0.15, 0.2) is 24.5 Å². The minimum absolute atomic E-state index is 0.0814. The first-order chi connectivity index (χ1) is 6.72. The quantitative estimate of drug-likeness (QED) is 0.677. The number of hydrogen-bond donors (Lipinski definition) is 0. The van der Waals surface area contributed by atoms with Gasteiger partial charge in [0.25, 0.3) is 0 Å². The van der Waals surface area contributed by atoms with Crippen LogP contribution >= 0.6 is 0 Å². The molecule has 0 saturated heterocycles. The van der Waals surface area contributed by atoms with E-state index in [4.69, 9.17) is 0 Å². The number of carbonyl (C=O) groups excluding carboxylic acids is 1. The van der Waals surface area contributed by atoms with Gasteiger partial charge in [-0.15, -0.1) is 0 Å². The Morgan fingerprint density at radius 2 is 2.29 bits per heavy atom. The van der Waals surface area contributed by atoms with E-state index in [-0.39, 0.29) is 5.78 Å². The number of carbonyl (C=O) groups is 1. The molecule has 72 valence electrons. The average molecular weight is 188 g/mol. The van der Waals surface area contributed by atoms with Crippen LogP contribution in [-0.2, 0) is 6.54 Å². The van der Waals surface area contributed by atoms with Crippen LogP contribution in [0.1, 0.15) is 24.2 Å². The van der Waals surface area contributed by atoms with Crippen molar-refractivity contribution in [3.05, 3.63) is 30.1 Å². The minimum atomic E-state index is 0.0814. The number of Topliss-reactive ketones (excluding diaryl/α,β-unsaturated/α-hetero) is 1. The summed E-state index contributed by atoms with van der Waals surface area (Å²) in [5.74, 6) is 0.0814. The summed E-state index contributed by atoms with van der Waals surface area (Å²) >= 11 is 0. The van der Waals surface area contributed by atoms with Gasteiger partial charge in [0.1, 0.15) is 0 Å². The molecule has 1 aromatic carbocycles. The zero-order chi connectivity index (χ0) is 10.1. The van der Waals surface area contributed by atoms with E-state index in [1.165, 1.54) is 0 Å². The van der Waals surface area contributed by atoms with Gasteiger partial charge in [0.2, 0.25) is 0 Å².